The molecule has 1 aliphatic carbocycles. The highest BCUT2D eigenvalue weighted by atomic mass is 19.1. The van der Waals surface area contributed by atoms with Crippen LogP contribution in [0, 0.1) is 11.8 Å². The van der Waals surface area contributed by atoms with E-state index in [4.69, 9.17) is 10.2 Å². The van der Waals surface area contributed by atoms with E-state index >= 15 is 0 Å². The zero-order chi connectivity index (χ0) is 26.8. The number of carboxylic acid groups (broad SMARTS) is 1. The Bertz CT molecular complexity index is 1310. The monoisotopic (exact) mass is 520 g/mol. The zero-order valence-electron chi connectivity index (χ0n) is 21.2. The first-order chi connectivity index (χ1) is 18.4. The van der Waals surface area contributed by atoms with Gasteiger partial charge < -0.3 is 20.2 Å². The number of carbonyl (C=O) groups is 3. The number of carboxylic acids is 1. The smallest absolute Gasteiger partial charge is 0.371 e. The fraction of sp³-hybridized carbons (Fsp3) is 0.433. The number of halogens is 1. The number of Topliss-reactive ketones (excluding diaryl/α,β-unsaturated/α-hetero) is 1. The molecule has 2 aliphatic rings. The summed E-state index contributed by atoms with van der Waals surface area (Å²) in [7, 11) is 0. The number of nitrogens with two attached hydrogens (primary N) is 1. The number of likely N-dealkylation sites (tertiary alicyclic amines) is 1. The van der Waals surface area contributed by atoms with Crippen molar-refractivity contribution in [2.24, 2.45) is 17.6 Å². The molecule has 38 heavy (non-hydrogen) atoms. The van der Waals surface area contributed by atoms with Crippen LogP contribution in [0.15, 0.2) is 59.0 Å². The second-order valence-electron chi connectivity index (χ2n) is 10.6. The first-order valence-corrected chi connectivity index (χ1v) is 13.3. The molecule has 0 spiro atoms. The van der Waals surface area contributed by atoms with Gasteiger partial charge in [-0.1, -0.05) is 36.4 Å². The number of ketones is 1. The van der Waals surface area contributed by atoms with E-state index in [0.29, 0.717) is 36.8 Å². The molecule has 2 aromatic carbocycles. The Labute approximate surface area is 220 Å². The number of furan rings is 1. The van der Waals surface area contributed by atoms with Gasteiger partial charge >= 0.3 is 5.97 Å². The summed E-state index contributed by atoms with van der Waals surface area (Å²) >= 11 is 0. The number of carbonyl (C=O) groups excluding carboxylic acids is 2. The van der Waals surface area contributed by atoms with Gasteiger partial charge in [-0.3, -0.25) is 9.59 Å². The Morgan fingerprint density at radius 2 is 1.76 bits per heavy atom. The Hall–Kier alpha value is -3.52. The van der Waals surface area contributed by atoms with E-state index in [1.165, 1.54) is 6.07 Å². The van der Waals surface area contributed by atoms with Crippen LogP contribution in [0.3, 0.4) is 0 Å². The summed E-state index contributed by atoms with van der Waals surface area (Å²) in [5.41, 5.74) is 8.14. The maximum atomic E-state index is 13.9. The standard InChI is InChI=1S/C30H33FN2O5/c31-17-24(32)20-7-9-21(10-8-20)29(35)33-13-12-23(19-4-2-1-3-5-19)28(33)25(34)15-18-6-11-26-22(14-18)16-27(38-26)30(36)37/h1-6,11,14,16,20-21,23-24,28H,7-10,12-13,15,17,32H2,(H,36,37)/t20?,21?,23-,24-,28+/m1/s1. The van der Waals surface area contributed by atoms with Crippen molar-refractivity contribution >= 4 is 28.6 Å². The lowest BCUT2D eigenvalue weighted by Crippen LogP contribution is -2.47. The highest BCUT2D eigenvalue weighted by Crippen LogP contribution is 2.38. The minimum atomic E-state index is -1.15. The number of aromatic carboxylic acids is 1. The van der Waals surface area contributed by atoms with Gasteiger partial charge in [0.15, 0.2) is 5.78 Å². The van der Waals surface area contributed by atoms with Crippen molar-refractivity contribution in [3.05, 3.63) is 71.5 Å². The Morgan fingerprint density at radius 3 is 2.45 bits per heavy atom. The van der Waals surface area contributed by atoms with Crippen LogP contribution in [-0.4, -0.2) is 53.0 Å². The quantitative estimate of drug-likeness (QED) is 0.444. The molecular weight excluding hydrogens is 487 g/mol. The van der Waals surface area contributed by atoms with E-state index < -0.39 is 24.7 Å². The first-order valence-electron chi connectivity index (χ1n) is 13.3. The summed E-state index contributed by atoms with van der Waals surface area (Å²) in [5, 5.41) is 9.84. The Kier molecular flexibility index (Phi) is 7.61. The maximum Gasteiger partial charge on any atom is 0.371 e. The average Bonchev–Trinajstić information content (AvgIpc) is 3.58. The molecule has 3 N–H and O–H groups in total. The van der Waals surface area contributed by atoms with Crippen LogP contribution in [0.1, 0.15) is 59.7 Å². The first kappa shape index (κ1) is 26.1. The molecule has 8 heteroatoms. The van der Waals surface area contributed by atoms with Gasteiger partial charge in [-0.15, -0.1) is 0 Å². The maximum absolute atomic E-state index is 13.9. The van der Waals surface area contributed by atoms with Crippen LogP contribution in [0.4, 0.5) is 4.39 Å². The Morgan fingerprint density at radius 1 is 1.03 bits per heavy atom. The zero-order valence-corrected chi connectivity index (χ0v) is 21.2. The molecule has 1 saturated carbocycles. The molecule has 2 fully saturated rings. The third kappa shape index (κ3) is 5.23. The van der Waals surface area contributed by atoms with Crippen molar-refractivity contribution in [1.29, 1.82) is 0 Å². The van der Waals surface area contributed by atoms with E-state index in [9.17, 15) is 23.9 Å². The van der Waals surface area contributed by atoms with Gasteiger partial charge in [0.2, 0.25) is 11.7 Å². The molecule has 3 aromatic rings. The number of alkyl halides is 1. The van der Waals surface area contributed by atoms with Gasteiger partial charge in [-0.2, -0.15) is 0 Å². The van der Waals surface area contributed by atoms with Gasteiger partial charge in [-0.05, 0) is 67.3 Å². The number of rotatable bonds is 8. The summed E-state index contributed by atoms with van der Waals surface area (Å²) in [5.74, 6) is -1.52. The van der Waals surface area contributed by atoms with Crippen LogP contribution >= 0.6 is 0 Å². The largest absolute Gasteiger partial charge is 0.475 e. The third-order valence-corrected chi connectivity index (χ3v) is 8.31. The molecule has 1 amide bonds. The lowest BCUT2D eigenvalue weighted by Gasteiger charge is -2.35. The summed E-state index contributed by atoms with van der Waals surface area (Å²) in [6, 6.07) is 15.5. The summed E-state index contributed by atoms with van der Waals surface area (Å²) in [6.07, 6.45) is 3.59. The summed E-state index contributed by atoms with van der Waals surface area (Å²) < 4.78 is 18.4. The Balaban J connectivity index is 1.37. The second kappa shape index (κ2) is 11.1. The van der Waals surface area contributed by atoms with Crippen LogP contribution in [-0.2, 0) is 16.0 Å². The number of hydrogen-bond donors (Lipinski definition) is 2. The van der Waals surface area contributed by atoms with Crippen LogP contribution in [0.25, 0.3) is 11.0 Å². The SMILES string of the molecule is N[C@H](CF)C1CCC(C(=O)N2CC[C@H](c3ccccc3)[C@H]2C(=O)Cc2ccc3oc(C(=O)O)cc3c2)CC1. The highest BCUT2D eigenvalue weighted by Gasteiger charge is 2.44. The van der Waals surface area contributed by atoms with Crippen LogP contribution < -0.4 is 5.73 Å². The number of hydrogen-bond acceptors (Lipinski definition) is 5. The molecule has 0 bridgehead atoms. The predicted molar refractivity (Wildman–Crippen MR) is 141 cm³/mol. The molecule has 0 radical (unpaired) electrons. The fourth-order valence-electron chi connectivity index (χ4n) is 6.26. The van der Waals surface area contributed by atoms with Crippen molar-refractivity contribution in [3.8, 4) is 0 Å². The van der Waals surface area contributed by atoms with E-state index in [1.807, 2.05) is 30.3 Å². The fourth-order valence-corrected chi connectivity index (χ4v) is 6.26. The van der Waals surface area contributed by atoms with Crippen LogP contribution in [0.5, 0.6) is 0 Å². The topological polar surface area (TPSA) is 114 Å². The molecule has 1 aromatic heterocycles. The third-order valence-electron chi connectivity index (χ3n) is 8.31. The second-order valence-corrected chi connectivity index (χ2v) is 10.6. The number of nitrogens with zero attached hydrogens (tertiary/aromatic N) is 1. The van der Waals surface area contributed by atoms with E-state index in [1.54, 1.807) is 23.1 Å². The molecule has 5 rings (SSSR count). The summed E-state index contributed by atoms with van der Waals surface area (Å²) in [4.78, 5) is 40.6. The minimum absolute atomic E-state index is 0.00503. The molecule has 200 valence electrons. The molecule has 0 unspecified atom stereocenters. The number of fused-ring (bicyclic) bond motifs is 1. The lowest BCUT2D eigenvalue weighted by molar-refractivity contribution is -0.142. The predicted octanol–water partition coefficient (Wildman–Crippen LogP) is 4.73. The van der Waals surface area contributed by atoms with Crippen molar-refractivity contribution < 1.29 is 28.3 Å². The molecule has 2 heterocycles. The lowest BCUT2D eigenvalue weighted by atomic mass is 9.78. The van der Waals surface area contributed by atoms with Gasteiger partial charge in [-0.25, -0.2) is 9.18 Å². The van der Waals surface area contributed by atoms with Crippen molar-refractivity contribution in [1.82, 2.24) is 4.90 Å². The van der Waals surface area contributed by atoms with Crippen molar-refractivity contribution in [2.45, 2.75) is 56.5 Å². The summed E-state index contributed by atoms with van der Waals surface area (Å²) in [6.45, 7) is -0.0333. The minimum Gasteiger partial charge on any atom is -0.475 e. The van der Waals surface area contributed by atoms with Gasteiger partial charge in [0.1, 0.15) is 12.3 Å². The van der Waals surface area contributed by atoms with E-state index in [-0.39, 0.29) is 41.6 Å². The molecule has 1 aliphatic heterocycles. The van der Waals surface area contributed by atoms with Gasteiger partial charge in [0.25, 0.3) is 0 Å². The normalized spacial score (nSPS) is 24.4. The molecule has 1 saturated heterocycles. The molecular formula is C30H33FN2O5. The van der Waals surface area contributed by atoms with Gasteiger partial charge in [0, 0.05) is 36.2 Å². The van der Waals surface area contributed by atoms with E-state index in [2.05, 4.69) is 0 Å². The van der Waals surface area contributed by atoms with Crippen molar-refractivity contribution in [3.63, 3.8) is 0 Å². The molecule has 3 atom stereocenters. The van der Waals surface area contributed by atoms with E-state index in [0.717, 1.165) is 24.0 Å². The number of amides is 1. The average molecular weight is 521 g/mol. The van der Waals surface area contributed by atoms with Gasteiger partial charge in [0.05, 0.1) is 6.04 Å². The number of benzene rings is 2. The molecule has 7 nitrogen and oxygen atoms in total. The van der Waals surface area contributed by atoms with Crippen LogP contribution in [0.2, 0.25) is 0 Å². The highest BCUT2D eigenvalue weighted by molar-refractivity contribution is 5.94. The van der Waals surface area contributed by atoms with Crippen molar-refractivity contribution in [2.75, 3.05) is 13.2 Å².